The summed E-state index contributed by atoms with van der Waals surface area (Å²) >= 11 is 0. The third kappa shape index (κ3) is 7.25. The van der Waals surface area contributed by atoms with E-state index in [1.165, 1.54) is 0 Å². The quantitative estimate of drug-likeness (QED) is 0.143. The van der Waals surface area contributed by atoms with Crippen molar-refractivity contribution < 1.29 is 0 Å². The van der Waals surface area contributed by atoms with Crippen molar-refractivity contribution in [2.24, 2.45) is 0 Å². The molecule has 0 fully saturated rings. The van der Waals surface area contributed by atoms with Gasteiger partial charge in [-0.1, -0.05) is 188 Å². The van der Waals surface area contributed by atoms with Gasteiger partial charge in [-0.15, -0.1) is 10.2 Å². The molecule has 0 saturated heterocycles. The van der Waals surface area contributed by atoms with E-state index in [-0.39, 0.29) is 0 Å². The van der Waals surface area contributed by atoms with Crippen LogP contribution in [0.15, 0.2) is 249 Å². The smallest absolute Gasteiger partial charge is 0.235 e. The molecular formula is C64H41N9. The molecule has 0 amide bonds. The highest BCUT2D eigenvalue weighted by molar-refractivity contribution is 6.11. The van der Waals surface area contributed by atoms with E-state index >= 15 is 0 Å². The maximum atomic E-state index is 5.30. The Bertz CT molecular complexity index is 4240. The van der Waals surface area contributed by atoms with E-state index in [9.17, 15) is 0 Å². The van der Waals surface area contributed by atoms with Crippen LogP contribution in [-0.2, 0) is 0 Å². The summed E-state index contributed by atoms with van der Waals surface area (Å²) in [6.07, 6.45) is 0. The molecule has 9 aromatic carbocycles. The Balaban J connectivity index is 0.949. The van der Waals surface area contributed by atoms with Crippen LogP contribution in [0.25, 0.3) is 129 Å². The van der Waals surface area contributed by atoms with Gasteiger partial charge in [0.25, 0.3) is 0 Å². The molecule has 9 heteroatoms. The van der Waals surface area contributed by atoms with Crippen LogP contribution >= 0.6 is 0 Å². The van der Waals surface area contributed by atoms with Gasteiger partial charge >= 0.3 is 0 Å². The Labute approximate surface area is 419 Å². The summed E-state index contributed by atoms with van der Waals surface area (Å²) in [4.78, 5) is 21.1. The van der Waals surface area contributed by atoms with Crippen molar-refractivity contribution in [3.8, 4) is 85.4 Å². The molecule has 0 radical (unpaired) electrons. The van der Waals surface area contributed by atoms with Crippen molar-refractivity contribution >= 4 is 43.6 Å². The average Bonchev–Trinajstić information content (AvgIpc) is 4.18. The fourth-order valence-corrected chi connectivity index (χ4v) is 10.2. The van der Waals surface area contributed by atoms with Crippen LogP contribution in [0, 0.1) is 0 Å². The summed E-state index contributed by atoms with van der Waals surface area (Å²) in [6.45, 7) is 0. The van der Waals surface area contributed by atoms with E-state index in [1.54, 1.807) is 0 Å². The fourth-order valence-electron chi connectivity index (χ4n) is 10.2. The van der Waals surface area contributed by atoms with Crippen LogP contribution in [-0.4, -0.2) is 43.8 Å². The van der Waals surface area contributed by atoms with E-state index in [0.29, 0.717) is 23.5 Å². The second-order valence-electron chi connectivity index (χ2n) is 18.0. The lowest BCUT2D eigenvalue weighted by Gasteiger charge is -2.13. The summed E-state index contributed by atoms with van der Waals surface area (Å²) in [7, 11) is 0. The molecule has 5 aromatic heterocycles. The molecule has 14 rings (SSSR count). The maximum Gasteiger partial charge on any atom is 0.235 e. The van der Waals surface area contributed by atoms with E-state index < -0.39 is 0 Å². The molecule has 0 aliphatic carbocycles. The summed E-state index contributed by atoms with van der Waals surface area (Å²) in [5.74, 6) is 2.58. The molecule has 0 aliphatic heterocycles. The summed E-state index contributed by atoms with van der Waals surface area (Å²) in [5, 5.41) is 14.4. The zero-order valence-corrected chi connectivity index (χ0v) is 39.2. The lowest BCUT2D eigenvalue weighted by atomic mass is 10.1. The lowest BCUT2D eigenvalue weighted by Crippen LogP contribution is -2.04. The molecule has 0 unspecified atom stereocenters. The zero-order valence-electron chi connectivity index (χ0n) is 39.2. The predicted octanol–water partition coefficient (Wildman–Crippen LogP) is 15.0. The Morgan fingerprint density at radius 1 is 0.233 bits per heavy atom. The van der Waals surface area contributed by atoms with Gasteiger partial charge in [0.05, 0.1) is 44.8 Å². The Morgan fingerprint density at radius 3 is 1.07 bits per heavy atom. The molecule has 0 aliphatic rings. The van der Waals surface area contributed by atoms with E-state index in [0.717, 1.165) is 105 Å². The molecule has 9 nitrogen and oxygen atoms in total. The predicted molar refractivity (Wildman–Crippen MR) is 294 cm³/mol. The highest BCUT2D eigenvalue weighted by atomic mass is 15.3. The van der Waals surface area contributed by atoms with Crippen LogP contribution in [0.3, 0.4) is 0 Å². The number of nitrogens with zero attached hydrogens (tertiary/aromatic N) is 9. The normalized spacial score (nSPS) is 11.6. The molecule has 0 spiro atoms. The lowest BCUT2D eigenvalue weighted by molar-refractivity contribution is 0.994. The molecule has 0 atom stereocenters. The molecule has 14 aromatic rings. The second kappa shape index (κ2) is 17.4. The fraction of sp³-hybridized carbons (Fsp3) is 0. The van der Waals surface area contributed by atoms with Gasteiger partial charge in [0.1, 0.15) is 0 Å². The molecule has 0 saturated carbocycles. The largest absolute Gasteiger partial charge is 0.278 e. The topological polar surface area (TPSA) is 92.1 Å². The number of fused-ring (bicyclic) bond motifs is 6. The number of aromatic nitrogens is 9. The molecule has 342 valence electrons. The maximum absolute atomic E-state index is 5.30. The second-order valence-corrected chi connectivity index (χ2v) is 18.0. The van der Waals surface area contributed by atoms with Gasteiger partial charge in [0.15, 0.2) is 11.6 Å². The van der Waals surface area contributed by atoms with Gasteiger partial charge in [-0.25, -0.2) is 19.9 Å². The van der Waals surface area contributed by atoms with Gasteiger partial charge in [-0.05, 0) is 60.7 Å². The van der Waals surface area contributed by atoms with Crippen molar-refractivity contribution in [2.75, 3.05) is 0 Å². The van der Waals surface area contributed by atoms with Gasteiger partial charge in [-0.3, -0.25) is 13.7 Å². The minimum atomic E-state index is 0.578. The average molecular weight is 936 g/mol. The van der Waals surface area contributed by atoms with E-state index in [2.05, 4.69) is 184 Å². The summed E-state index contributed by atoms with van der Waals surface area (Å²) < 4.78 is 6.52. The monoisotopic (exact) mass is 935 g/mol. The number of para-hydroxylation sites is 3. The number of hydrogen-bond donors (Lipinski definition) is 0. The first-order valence-corrected chi connectivity index (χ1v) is 24.3. The van der Waals surface area contributed by atoms with Crippen molar-refractivity contribution in [2.45, 2.75) is 0 Å². The van der Waals surface area contributed by atoms with Crippen molar-refractivity contribution in [3.63, 3.8) is 0 Å². The highest BCUT2D eigenvalue weighted by Crippen LogP contribution is 2.39. The Hall–Kier alpha value is -10.1. The van der Waals surface area contributed by atoms with Crippen molar-refractivity contribution in [3.05, 3.63) is 249 Å². The van der Waals surface area contributed by atoms with Crippen LogP contribution in [0.5, 0.6) is 0 Å². The van der Waals surface area contributed by atoms with E-state index in [4.69, 9.17) is 30.1 Å². The third-order valence-electron chi connectivity index (χ3n) is 13.6. The van der Waals surface area contributed by atoms with Crippen LogP contribution in [0.4, 0.5) is 0 Å². The number of benzene rings is 9. The highest BCUT2D eigenvalue weighted by Gasteiger charge is 2.23. The first kappa shape index (κ1) is 41.8. The van der Waals surface area contributed by atoms with Crippen LogP contribution in [0.1, 0.15) is 0 Å². The first-order valence-electron chi connectivity index (χ1n) is 24.3. The van der Waals surface area contributed by atoms with Gasteiger partial charge < -0.3 is 0 Å². The first-order chi connectivity index (χ1) is 36.2. The molecule has 73 heavy (non-hydrogen) atoms. The van der Waals surface area contributed by atoms with Crippen LogP contribution in [0.2, 0.25) is 0 Å². The summed E-state index contributed by atoms with van der Waals surface area (Å²) in [5.41, 5.74) is 14.1. The van der Waals surface area contributed by atoms with Gasteiger partial charge in [-0.2, -0.15) is 0 Å². The third-order valence-corrected chi connectivity index (χ3v) is 13.6. The minimum absolute atomic E-state index is 0.578. The number of rotatable bonds is 9. The van der Waals surface area contributed by atoms with Crippen molar-refractivity contribution in [1.29, 1.82) is 0 Å². The summed E-state index contributed by atoms with van der Waals surface area (Å²) in [6, 6.07) is 85.7. The minimum Gasteiger partial charge on any atom is -0.278 e. The zero-order chi connectivity index (χ0) is 48.2. The van der Waals surface area contributed by atoms with E-state index in [1.807, 2.05) is 78.9 Å². The Kier molecular flexibility index (Phi) is 9.96. The number of hydrogen-bond acceptors (Lipinski definition) is 6. The molecule has 0 bridgehead atoms. The molecule has 5 heterocycles. The van der Waals surface area contributed by atoms with Crippen molar-refractivity contribution in [1.82, 2.24) is 43.8 Å². The molecular weight excluding hydrogens is 895 g/mol. The van der Waals surface area contributed by atoms with Crippen LogP contribution < -0.4 is 0 Å². The standard InChI is InChI=1S/C64H41N9/c1-6-20-42(21-7-1)53-40-54(43-22-8-2-9-23-43)66-63(65-53)72-58-33-19-17-31-50(58)52-38-46(35-37-59(52)72)61-69-70-62(71(61)48-28-14-5-15-29-48)47-34-36-51-49-30-16-18-32-57(49)73(60(51)39-47)64-67-55(44-24-10-3-11-25-44)41-56(68-64)45-26-12-4-13-27-45/h1-41H. The Morgan fingerprint density at radius 2 is 0.589 bits per heavy atom. The van der Waals surface area contributed by atoms with Gasteiger partial charge in [0, 0.05) is 60.6 Å². The molecule has 0 N–H and O–H groups in total. The van der Waals surface area contributed by atoms with Gasteiger partial charge in [0.2, 0.25) is 11.9 Å². The SMILES string of the molecule is c1ccc(-c2cc(-c3ccccc3)nc(-n3c4ccccc4c4cc(-c5nnc(-c6ccc7c8ccccc8n(-c8nc(-c9ccccc9)cc(-c9ccccc9)n8)c7c6)n5-c5ccccc5)ccc43)n2)cc1.